The highest BCUT2D eigenvalue weighted by atomic mass is 16.5. The Morgan fingerprint density at radius 2 is 0.778 bits per heavy atom. The van der Waals surface area contributed by atoms with Crippen molar-refractivity contribution < 1.29 is 9.53 Å². The van der Waals surface area contributed by atoms with E-state index in [0.717, 1.165) is 18.4 Å². The van der Waals surface area contributed by atoms with Crippen LogP contribution in [0, 0.1) is 0 Å². The highest BCUT2D eigenvalue weighted by Gasteiger charge is 2.05. The van der Waals surface area contributed by atoms with Crippen LogP contribution in [0.3, 0.4) is 0 Å². The van der Waals surface area contributed by atoms with Gasteiger partial charge in [-0.2, -0.15) is 0 Å². The van der Waals surface area contributed by atoms with Crippen molar-refractivity contribution in [3.8, 4) is 0 Å². The topological polar surface area (TPSA) is 26.3 Å². The number of rotatable bonds is 29. The van der Waals surface area contributed by atoms with Gasteiger partial charge in [-0.25, -0.2) is 4.79 Å². The highest BCUT2D eigenvalue weighted by molar-refractivity contribution is 5.87. The summed E-state index contributed by atoms with van der Waals surface area (Å²) in [6.45, 7) is 7.05. The molecule has 0 fully saturated rings. The Kier molecular flexibility index (Phi) is 29.8. The van der Waals surface area contributed by atoms with Gasteiger partial charge in [0.05, 0.1) is 6.61 Å². The lowest BCUT2D eigenvalue weighted by atomic mass is 10.0. The molecule has 0 aliphatic heterocycles. The predicted octanol–water partition coefficient (Wildman–Crippen LogP) is 12.0. The fourth-order valence-electron chi connectivity index (χ4n) is 4.96. The molecule has 0 aliphatic carbocycles. The molecular weight excluding hydrogens is 440 g/mol. The number of carbonyl (C=O) groups excluding carboxylic acids is 1. The van der Waals surface area contributed by atoms with E-state index in [4.69, 9.17) is 4.74 Å². The molecular formula is C34H66O2. The summed E-state index contributed by atoms with van der Waals surface area (Å²) in [7, 11) is 0. The molecule has 0 amide bonds. The molecule has 0 rings (SSSR count). The maximum absolute atomic E-state index is 12.1. The van der Waals surface area contributed by atoms with Crippen molar-refractivity contribution in [1.29, 1.82) is 0 Å². The average Bonchev–Trinajstić information content (AvgIpc) is 2.88. The Labute approximate surface area is 227 Å². The van der Waals surface area contributed by atoms with Gasteiger partial charge in [0.15, 0.2) is 0 Å². The van der Waals surface area contributed by atoms with Gasteiger partial charge in [0.2, 0.25) is 0 Å². The van der Waals surface area contributed by atoms with Crippen LogP contribution in [0.25, 0.3) is 0 Å². The number of allylic oxidation sites excluding steroid dienone is 1. The lowest BCUT2D eigenvalue weighted by Gasteiger charge is -2.06. The molecule has 0 radical (unpaired) electrons. The van der Waals surface area contributed by atoms with Crippen molar-refractivity contribution in [3.63, 3.8) is 0 Å². The van der Waals surface area contributed by atoms with E-state index < -0.39 is 0 Å². The van der Waals surface area contributed by atoms with Crippen molar-refractivity contribution in [2.45, 2.75) is 194 Å². The third-order valence-electron chi connectivity index (χ3n) is 7.56. The second kappa shape index (κ2) is 30.4. The van der Waals surface area contributed by atoms with Crippen molar-refractivity contribution in [1.82, 2.24) is 0 Å². The van der Waals surface area contributed by atoms with Crippen molar-refractivity contribution in [3.05, 3.63) is 11.6 Å². The van der Waals surface area contributed by atoms with Crippen LogP contribution in [0.1, 0.15) is 194 Å². The third kappa shape index (κ3) is 27.8. The van der Waals surface area contributed by atoms with Crippen LogP contribution in [0.4, 0.5) is 0 Å². The molecule has 0 bridgehead atoms. The van der Waals surface area contributed by atoms with Crippen molar-refractivity contribution >= 4 is 5.97 Å². The van der Waals surface area contributed by atoms with E-state index in [2.05, 4.69) is 19.9 Å². The third-order valence-corrected chi connectivity index (χ3v) is 7.56. The normalized spacial score (nSPS) is 11.8. The number of carbonyl (C=O) groups is 1. The average molecular weight is 507 g/mol. The molecule has 2 nitrogen and oxygen atoms in total. The number of hydrogen-bond donors (Lipinski definition) is 0. The summed E-state index contributed by atoms with van der Waals surface area (Å²) in [6.07, 6.45) is 38.5. The van der Waals surface area contributed by atoms with Gasteiger partial charge in [-0.05, 0) is 26.2 Å². The Morgan fingerprint density at radius 3 is 1.14 bits per heavy atom. The van der Waals surface area contributed by atoms with Crippen LogP contribution in [-0.2, 0) is 9.53 Å². The summed E-state index contributed by atoms with van der Waals surface area (Å²) in [4.78, 5) is 12.1. The minimum Gasteiger partial charge on any atom is -0.462 e. The Balaban J connectivity index is 3.35. The smallest absolute Gasteiger partial charge is 0.333 e. The summed E-state index contributed by atoms with van der Waals surface area (Å²) >= 11 is 0. The monoisotopic (exact) mass is 507 g/mol. The first-order valence-corrected chi connectivity index (χ1v) is 16.6. The molecule has 0 spiro atoms. The van der Waals surface area contributed by atoms with Gasteiger partial charge in [0, 0.05) is 5.57 Å². The summed E-state index contributed by atoms with van der Waals surface area (Å²) in [5.41, 5.74) is 0.794. The van der Waals surface area contributed by atoms with Crippen LogP contribution in [0.5, 0.6) is 0 Å². The van der Waals surface area contributed by atoms with E-state index >= 15 is 0 Å². The molecule has 0 heterocycles. The number of esters is 1. The molecule has 0 saturated carbocycles. The maximum atomic E-state index is 12.1. The van der Waals surface area contributed by atoms with Gasteiger partial charge in [0.1, 0.15) is 0 Å². The molecule has 0 atom stereocenters. The van der Waals surface area contributed by atoms with Gasteiger partial charge >= 0.3 is 5.97 Å². The lowest BCUT2D eigenvalue weighted by Crippen LogP contribution is -2.07. The minimum atomic E-state index is -0.109. The zero-order valence-corrected chi connectivity index (χ0v) is 25.2. The molecule has 0 aromatic heterocycles. The zero-order valence-electron chi connectivity index (χ0n) is 25.2. The quantitative estimate of drug-likeness (QED) is 0.0572. The van der Waals surface area contributed by atoms with Crippen LogP contribution in [0.15, 0.2) is 11.6 Å². The summed E-state index contributed by atoms with van der Waals surface area (Å²) in [5.74, 6) is -0.109. The Bertz CT molecular complexity index is 468. The molecule has 0 saturated heterocycles. The van der Waals surface area contributed by atoms with Gasteiger partial charge < -0.3 is 4.74 Å². The fraction of sp³-hybridized carbons (Fsp3) is 0.912. The standard InChI is InChI=1S/C34H66O2/c1-4-6-8-10-12-14-16-17-18-19-20-21-22-23-25-27-29-31-33(3)34(35)36-32-30-28-26-24-15-13-11-9-7-5-2/h31H,4-30,32H2,1-3H3. The predicted molar refractivity (Wildman–Crippen MR) is 161 cm³/mol. The van der Waals surface area contributed by atoms with E-state index in [9.17, 15) is 4.79 Å². The van der Waals surface area contributed by atoms with Crippen LogP contribution in [0.2, 0.25) is 0 Å². The van der Waals surface area contributed by atoms with Crippen LogP contribution < -0.4 is 0 Å². The van der Waals surface area contributed by atoms with E-state index in [1.165, 1.54) is 161 Å². The van der Waals surface area contributed by atoms with Crippen LogP contribution >= 0.6 is 0 Å². The lowest BCUT2D eigenvalue weighted by molar-refractivity contribution is -0.139. The Hall–Kier alpha value is -0.790. The van der Waals surface area contributed by atoms with Crippen molar-refractivity contribution in [2.24, 2.45) is 0 Å². The van der Waals surface area contributed by atoms with E-state index in [0.29, 0.717) is 6.61 Å². The fourth-order valence-corrected chi connectivity index (χ4v) is 4.96. The first-order chi connectivity index (χ1) is 17.7. The van der Waals surface area contributed by atoms with Gasteiger partial charge in [0.25, 0.3) is 0 Å². The molecule has 0 aliphatic rings. The van der Waals surface area contributed by atoms with Gasteiger partial charge in [-0.3, -0.25) is 0 Å². The molecule has 0 aromatic carbocycles. The molecule has 214 valence electrons. The van der Waals surface area contributed by atoms with E-state index in [1.54, 1.807) is 0 Å². The number of hydrogen-bond acceptors (Lipinski definition) is 2. The number of unbranched alkanes of at least 4 members (excludes halogenated alkanes) is 25. The summed E-state index contributed by atoms with van der Waals surface area (Å²) < 4.78 is 5.45. The van der Waals surface area contributed by atoms with Gasteiger partial charge in [-0.1, -0.05) is 174 Å². The highest BCUT2D eigenvalue weighted by Crippen LogP contribution is 2.15. The molecule has 0 unspecified atom stereocenters. The van der Waals surface area contributed by atoms with E-state index in [-0.39, 0.29) is 5.97 Å². The zero-order chi connectivity index (χ0) is 26.4. The second-order valence-electron chi connectivity index (χ2n) is 11.3. The SMILES string of the molecule is CCCCCCCCCCCCCCCCCCC=C(C)C(=O)OCCCCCCCCCCCC. The Morgan fingerprint density at radius 1 is 0.472 bits per heavy atom. The van der Waals surface area contributed by atoms with Crippen LogP contribution in [-0.4, -0.2) is 12.6 Å². The second-order valence-corrected chi connectivity index (χ2v) is 11.3. The summed E-state index contributed by atoms with van der Waals surface area (Å²) in [6, 6.07) is 0. The first-order valence-electron chi connectivity index (χ1n) is 16.6. The van der Waals surface area contributed by atoms with Crippen molar-refractivity contribution in [2.75, 3.05) is 6.61 Å². The maximum Gasteiger partial charge on any atom is 0.333 e. The molecule has 2 heteroatoms. The van der Waals surface area contributed by atoms with Gasteiger partial charge in [-0.15, -0.1) is 0 Å². The molecule has 0 N–H and O–H groups in total. The van der Waals surface area contributed by atoms with E-state index in [1.807, 2.05) is 6.92 Å². The molecule has 36 heavy (non-hydrogen) atoms. The summed E-state index contributed by atoms with van der Waals surface area (Å²) in [5, 5.41) is 0. The number of ether oxygens (including phenoxy) is 1. The minimum absolute atomic E-state index is 0.109. The largest absolute Gasteiger partial charge is 0.462 e. The first kappa shape index (κ1) is 35.2. The molecule has 0 aromatic rings.